The smallest absolute Gasteiger partial charge is 0.192 e. The van der Waals surface area contributed by atoms with E-state index in [1.54, 1.807) is 18.5 Å². The van der Waals surface area contributed by atoms with E-state index in [1.165, 1.54) is 17.3 Å². The largest absolute Gasteiger partial charge is 0.328 e. The van der Waals surface area contributed by atoms with Gasteiger partial charge in [-0.2, -0.15) is 0 Å². The highest BCUT2D eigenvalue weighted by molar-refractivity contribution is 7.99. The summed E-state index contributed by atoms with van der Waals surface area (Å²) in [5.41, 5.74) is 7.02. The minimum absolute atomic E-state index is 0.113. The second-order valence-corrected chi connectivity index (χ2v) is 5.51. The summed E-state index contributed by atoms with van der Waals surface area (Å²) < 4.78 is 0. The Bertz CT molecular complexity index is 517. The topological polar surface area (TPSA) is 51.8 Å². The van der Waals surface area contributed by atoms with Crippen molar-refractivity contribution in [2.45, 2.75) is 29.4 Å². The van der Waals surface area contributed by atoms with Crippen LogP contribution in [0.25, 0.3) is 0 Å². The van der Waals surface area contributed by atoms with Gasteiger partial charge < -0.3 is 5.73 Å². The van der Waals surface area contributed by atoms with Crippen LogP contribution in [-0.2, 0) is 6.42 Å². The lowest BCUT2D eigenvalue weighted by Crippen LogP contribution is -2.18. The molecule has 1 unspecified atom stereocenters. The zero-order chi connectivity index (χ0) is 13.0. The molecule has 3 nitrogen and oxygen atoms in total. The van der Waals surface area contributed by atoms with E-state index in [4.69, 9.17) is 17.3 Å². The van der Waals surface area contributed by atoms with Crippen molar-refractivity contribution in [2.75, 3.05) is 0 Å². The van der Waals surface area contributed by atoms with Crippen LogP contribution in [0, 0.1) is 0 Å². The number of nitrogens with two attached hydrogens (primary N) is 1. The predicted molar refractivity (Wildman–Crippen MR) is 75.0 cm³/mol. The summed E-state index contributed by atoms with van der Waals surface area (Å²) in [6.45, 7) is 1.99. The van der Waals surface area contributed by atoms with Crippen molar-refractivity contribution in [3.63, 3.8) is 0 Å². The van der Waals surface area contributed by atoms with Gasteiger partial charge >= 0.3 is 0 Å². The Balaban J connectivity index is 2.27. The lowest BCUT2D eigenvalue weighted by molar-refractivity contribution is 0.729. The van der Waals surface area contributed by atoms with Gasteiger partial charge in [-0.1, -0.05) is 17.7 Å². The van der Waals surface area contributed by atoms with Crippen molar-refractivity contribution in [1.82, 2.24) is 9.97 Å². The maximum Gasteiger partial charge on any atom is 0.192 e. The van der Waals surface area contributed by atoms with Gasteiger partial charge in [-0.25, -0.2) is 9.97 Å². The minimum Gasteiger partial charge on any atom is -0.328 e. The molecule has 1 atom stereocenters. The zero-order valence-electron chi connectivity index (χ0n) is 10.0. The molecule has 94 valence electrons. The van der Waals surface area contributed by atoms with Crippen LogP contribution in [0.2, 0.25) is 5.02 Å². The number of aromatic nitrogens is 2. The number of hydrogen-bond donors (Lipinski definition) is 1. The first-order chi connectivity index (χ1) is 8.65. The summed E-state index contributed by atoms with van der Waals surface area (Å²) in [5.74, 6) is 0. The van der Waals surface area contributed by atoms with Gasteiger partial charge in [-0.15, -0.1) is 0 Å². The lowest BCUT2D eigenvalue weighted by Gasteiger charge is -2.11. The van der Waals surface area contributed by atoms with Crippen LogP contribution in [-0.4, -0.2) is 16.0 Å². The van der Waals surface area contributed by atoms with E-state index >= 15 is 0 Å². The molecular formula is C13H14ClN3S. The molecule has 2 aromatic rings. The number of hydrogen-bond acceptors (Lipinski definition) is 4. The number of nitrogens with zero attached hydrogens (tertiary/aromatic N) is 2. The van der Waals surface area contributed by atoms with Gasteiger partial charge in [0.05, 0.1) is 0 Å². The summed E-state index contributed by atoms with van der Waals surface area (Å²) in [6, 6.07) is 7.74. The quantitative estimate of drug-likeness (QED) is 0.874. The third kappa shape index (κ3) is 3.70. The van der Waals surface area contributed by atoms with E-state index in [9.17, 15) is 0 Å². The molecule has 0 fully saturated rings. The molecule has 0 aliphatic rings. The van der Waals surface area contributed by atoms with Crippen molar-refractivity contribution in [1.29, 1.82) is 0 Å². The normalized spacial score (nSPS) is 12.4. The lowest BCUT2D eigenvalue weighted by atomic mass is 10.1. The van der Waals surface area contributed by atoms with Gasteiger partial charge in [0.15, 0.2) is 5.16 Å². The van der Waals surface area contributed by atoms with Crippen LogP contribution in [0.15, 0.2) is 46.7 Å². The first kappa shape index (κ1) is 13.3. The molecule has 2 N–H and O–H groups in total. The Morgan fingerprint density at radius 1 is 1.33 bits per heavy atom. The molecule has 18 heavy (non-hydrogen) atoms. The number of benzene rings is 1. The van der Waals surface area contributed by atoms with Gasteiger partial charge in [0.25, 0.3) is 0 Å². The predicted octanol–water partition coefficient (Wildman–Crippen LogP) is 3.17. The summed E-state index contributed by atoms with van der Waals surface area (Å²) in [6.07, 6.45) is 4.27. The fraction of sp³-hybridized carbons (Fsp3) is 0.231. The van der Waals surface area contributed by atoms with Gasteiger partial charge in [-0.3, -0.25) is 0 Å². The van der Waals surface area contributed by atoms with Crippen molar-refractivity contribution < 1.29 is 0 Å². The van der Waals surface area contributed by atoms with E-state index in [2.05, 4.69) is 9.97 Å². The van der Waals surface area contributed by atoms with E-state index in [0.717, 1.165) is 11.3 Å². The average molecular weight is 280 g/mol. The Morgan fingerprint density at radius 2 is 2.06 bits per heavy atom. The number of halogens is 1. The number of rotatable bonds is 4. The Kier molecular flexibility index (Phi) is 4.58. The van der Waals surface area contributed by atoms with Gasteiger partial charge in [0, 0.05) is 28.4 Å². The molecule has 0 spiro atoms. The van der Waals surface area contributed by atoms with Crippen LogP contribution in [0.1, 0.15) is 12.5 Å². The van der Waals surface area contributed by atoms with Crippen molar-refractivity contribution in [2.24, 2.45) is 5.73 Å². The van der Waals surface area contributed by atoms with Crippen LogP contribution in [0.5, 0.6) is 0 Å². The van der Waals surface area contributed by atoms with E-state index in [-0.39, 0.29) is 6.04 Å². The fourth-order valence-corrected chi connectivity index (χ4v) is 2.70. The Morgan fingerprint density at radius 3 is 2.72 bits per heavy atom. The van der Waals surface area contributed by atoms with E-state index in [1.807, 2.05) is 25.1 Å². The summed E-state index contributed by atoms with van der Waals surface area (Å²) in [4.78, 5) is 9.46. The molecule has 0 aliphatic heterocycles. The molecular weight excluding hydrogens is 266 g/mol. The first-order valence-corrected chi connectivity index (χ1v) is 6.83. The zero-order valence-corrected chi connectivity index (χ0v) is 11.6. The maximum absolute atomic E-state index is 6.03. The maximum atomic E-state index is 6.03. The molecule has 0 saturated heterocycles. The highest BCUT2D eigenvalue weighted by Gasteiger charge is 2.08. The summed E-state index contributed by atoms with van der Waals surface area (Å²) in [5, 5.41) is 1.42. The van der Waals surface area contributed by atoms with Crippen molar-refractivity contribution in [3.05, 3.63) is 47.2 Å². The third-order valence-electron chi connectivity index (χ3n) is 2.31. The van der Waals surface area contributed by atoms with Crippen molar-refractivity contribution >= 4 is 23.4 Å². The molecule has 1 aromatic heterocycles. The van der Waals surface area contributed by atoms with Gasteiger partial charge in [0.2, 0.25) is 0 Å². The first-order valence-electron chi connectivity index (χ1n) is 5.64. The highest BCUT2D eigenvalue weighted by atomic mass is 35.5. The van der Waals surface area contributed by atoms with Crippen molar-refractivity contribution in [3.8, 4) is 0 Å². The molecule has 0 saturated carbocycles. The summed E-state index contributed by atoms with van der Waals surface area (Å²) >= 11 is 7.54. The molecule has 0 amide bonds. The van der Waals surface area contributed by atoms with Crippen LogP contribution < -0.4 is 5.73 Å². The van der Waals surface area contributed by atoms with Crippen LogP contribution in [0.3, 0.4) is 0 Å². The molecule has 0 aliphatic carbocycles. The van der Waals surface area contributed by atoms with E-state index in [0.29, 0.717) is 10.2 Å². The standard InChI is InChI=1S/C13H14ClN3S/c1-9(15)7-10-3-4-11(14)8-12(10)18-13-16-5-2-6-17-13/h2-6,8-9H,7,15H2,1H3. The second kappa shape index (κ2) is 6.18. The molecule has 2 rings (SSSR count). The van der Waals surface area contributed by atoms with Crippen LogP contribution >= 0.6 is 23.4 Å². The Hall–Kier alpha value is -1.10. The molecule has 1 aromatic carbocycles. The minimum atomic E-state index is 0.113. The second-order valence-electron chi connectivity index (χ2n) is 4.07. The molecule has 5 heteroatoms. The van der Waals surface area contributed by atoms with Crippen LogP contribution in [0.4, 0.5) is 0 Å². The Labute approximate surface area is 116 Å². The monoisotopic (exact) mass is 279 g/mol. The SMILES string of the molecule is CC(N)Cc1ccc(Cl)cc1Sc1ncccn1. The van der Waals surface area contributed by atoms with E-state index < -0.39 is 0 Å². The highest BCUT2D eigenvalue weighted by Crippen LogP contribution is 2.30. The van der Waals surface area contributed by atoms with Gasteiger partial charge in [0.1, 0.15) is 0 Å². The molecule has 1 heterocycles. The van der Waals surface area contributed by atoms with Gasteiger partial charge in [-0.05, 0) is 48.9 Å². The fourth-order valence-electron chi connectivity index (χ4n) is 1.58. The molecule has 0 radical (unpaired) electrons. The average Bonchev–Trinajstić information content (AvgIpc) is 2.33. The summed E-state index contributed by atoms with van der Waals surface area (Å²) in [7, 11) is 0. The third-order valence-corrected chi connectivity index (χ3v) is 3.54. The molecule has 0 bridgehead atoms.